The summed E-state index contributed by atoms with van der Waals surface area (Å²) in [4.78, 5) is 10.4. The van der Waals surface area contributed by atoms with Crippen molar-refractivity contribution in [3.63, 3.8) is 0 Å². The van der Waals surface area contributed by atoms with Crippen molar-refractivity contribution in [2.75, 3.05) is 59.4 Å². The van der Waals surface area contributed by atoms with Gasteiger partial charge in [-0.15, -0.1) is 24.0 Å². The number of guanidine groups is 1. The Kier molecular flexibility index (Phi) is 9.95. The molecule has 0 aromatic rings. The molecule has 2 atom stereocenters. The molecule has 0 amide bonds. The number of likely N-dealkylation sites (tertiary alicyclic amines) is 1. The molecule has 0 aromatic heterocycles. The van der Waals surface area contributed by atoms with Gasteiger partial charge in [-0.05, 0) is 38.8 Å². The molecular weight excluding hydrogens is 458 g/mol. The highest BCUT2D eigenvalue weighted by molar-refractivity contribution is 14.0. The first kappa shape index (κ1) is 23.7. The van der Waals surface area contributed by atoms with Crippen LogP contribution < -0.4 is 5.32 Å². The van der Waals surface area contributed by atoms with Gasteiger partial charge in [0.15, 0.2) is 5.96 Å². The van der Waals surface area contributed by atoms with E-state index in [9.17, 15) is 13.2 Å². The number of halogens is 4. The van der Waals surface area contributed by atoms with Gasteiger partial charge in [0.25, 0.3) is 0 Å². The maximum absolute atomic E-state index is 12.8. The zero-order valence-corrected chi connectivity index (χ0v) is 18.4. The van der Waals surface area contributed by atoms with Crippen molar-refractivity contribution in [3.8, 4) is 0 Å². The molecule has 2 heterocycles. The molecule has 1 N–H and O–H groups in total. The third-order valence-electron chi connectivity index (χ3n) is 5.31. The largest absolute Gasteiger partial charge is 0.403 e. The molecule has 0 aromatic carbocycles. The third-order valence-corrected chi connectivity index (χ3v) is 5.31. The number of alkyl halides is 3. The van der Waals surface area contributed by atoms with E-state index in [1.807, 2.05) is 0 Å². The Labute approximate surface area is 172 Å². The number of nitrogens with one attached hydrogen (secondary N) is 1. The lowest BCUT2D eigenvalue weighted by atomic mass is 10.1. The lowest BCUT2D eigenvalue weighted by Crippen LogP contribution is -2.57. The predicted octanol–water partition coefficient (Wildman–Crippen LogP) is 2.48. The standard InChI is InChI=1S/C17H32F3N5.HI/c1-4-6-23-7-5-15(13-23)12-22-16(21-3)25-10-8-24(9-11-25)14(2)17(18,19)20;/h14-15H,4-13H2,1-3H3,(H,21,22);1H. The Morgan fingerprint density at radius 3 is 2.38 bits per heavy atom. The van der Waals surface area contributed by atoms with Gasteiger partial charge in [0, 0.05) is 46.3 Å². The van der Waals surface area contributed by atoms with Gasteiger partial charge in [0.05, 0.1) is 0 Å². The Morgan fingerprint density at radius 2 is 1.85 bits per heavy atom. The van der Waals surface area contributed by atoms with Crippen LogP contribution in [-0.2, 0) is 0 Å². The van der Waals surface area contributed by atoms with Crippen molar-refractivity contribution in [1.29, 1.82) is 0 Å². The highest BCUT2D eigenvalue weighted by Gasteiger charge is 2.41. The van der Waals surface area contributed by atoms with Gasteiger partial charge in [0.1, 0.15) is 6.04 Å². The maximum atomic E-state index is 12.8. The van der Waals surface area contributed by atoms with Gasteiger partial charge in [0.2, 0.25) is 0 Å². The molecule has 2 fully saturated rings. The zero-order valence-electron chi connectivity index (χ0n) is 16.1. The van der Waals surface area contributed by atoms with E-state index >= 15 is 0 Å². The molecule has 0 radical (unpaired) electrons. The molecule has 9 heteroatoms. The maximum Gasteiger partial charge on any atom is 0.403 e. The van der Waals surface area contributed by atoms with E-state index in [1.165, 1.54) is 24.7 Å². The second-order valence-corrected chi connectivity index (χ2v) is 7.12. The second-order valence-electron chi connectivity index (χ2n) is 7.12. The van der Waals surface area contributed by atoms with E-state index in [0.29, 0.717) is 32.1 Å². The monoisotopic (exact) mass is 491 g/mol. The molecule has 2 aliphatic heterocycles. The van der Waals surface area contributed by atoms with Gasteiger partial charge < -0.3 is 15.1 Å². The van der Waals surface area contributed by atoms with Crippen LogP contribution >= 0.6 is 24.0 Å². The molecule has 26 heavy (non-hydrogen) atoms. The SMILES string of the molecule is CCCN1CCC(CNC(=NC)N2CCN(C(C)C(F)(F)F)CC2)C1.I. The normalized spacial score (nSPS) is 24.5. The van der Waals surface area contributed by atoms with E-state index in [1.54, 1.807) is 7.05 Å². The van der Waals surface area contributed by atoms with E-state index < -0.39 is 12.2 Å². The fourth-order valence-electron chi connectivity index (χ4n) is 3.69. The first-order chi connectivity index (χ1) is 11.8. The minimum absolute atomic E-state index is 0. The van der Waals surface area contributed by atoms with Crippen LogP contribution in [0.4, 0.5) is 13.2 Å². The van der Waals surface area contributed by atoms with Crippen LogP contribution in [0.25, 0.3) is 0 Å². The molecule has 2 saturated heterocycles. The first-order valence-corrected chi connectivity index (χ1v) is 9.33. The molecule has 154 valence electrons. The highest BCUT2D eigenvalue weighted by Crippen LogP contribution is 2.25. The molecule has 2 aliphatic rings. The lowest BCUT2D eigenvalue weighted by molar-refractivity contribution is -0.181. The van der Waals surface area contributed by atoms with Gasteiger partial charge >= 0.3 is 6.18 Å². The van der Waals surface area contributed by atoms with E-state index in [0.717, 1.165) is 32.1 Å². The van der Waals surface area contributed by atoms with Crippen LogP contribution in [0.2, 0.25) is 0 Å². The number of hydrogen-bond acceptors (Lipinski definition) is 3. The summed E-state index contributed by atoms with van der Waals surface area (Å²) in [6.07, 6.45) is -1.78. The average Bonchev–Trinajstić information content (AvgIpc) is 3.02. The number of rotatable bonds is 5. The van der Waals surface area contributed by atoms with Crippen LogP contribution in [0.15, 0.2) is 4.99 Å². The smallest absolute Gasteiger partial charge is 0.356 e. The van der Waals surface area contributed by atoms with Gasteiger partial charge in [-0.25, -0.2) is 0 Å². The molecular formula is C17H33F3IN5. The van der Waals surface area contributed by atoms with Crippen molar-refractivity contribution < 1.29 is 13.2 Å². The van der Waals surface area contributed by atoms with E-state index in [4.69, 9.17) is 0 Å². The van der Waals surface area contributed by atoms with Crippen LogP contribution in [0.1, 0.15) is 26.7 Å². The summed E-state index contributed by atoms with van der Waals surface area (Å²) < 4.78 is 38.5. The summed E-state index contributed by atoms with van der Waals surface area (Å²) in [5.41, 5.74) is 0. The number of piperazine rings is 1. The summed E-state index contributed by atoms with van der Waals surface area (Å²) in [5.74, 6) is 1.43. The summed E-state index contributed by atoms with van der Waals surface area (Å²) in [5, 5.41) is 3.43. The minimum Gasteiger partial charge on any atom is -0.356 e. The molecule has 5 nitrogen and oxygen atoms in total. The van der Waals surface area contributed by atoms with Crippen LogP contribution in [0.5, 0.6) is 0 Å². The molecule has 0 aliphatic carbocycles. The van der Waals surface area contributed by atoms with E-state index in [-0.39, 0.29) is 24.0 Å². The van der Waals surface area contributed by atoms with Crippen LogP contribution in [0.3, 0.4) is 0 Å². The zero-order chi connectivity index (χ0) is 18.4. The molecule has 0 saturated carbocycles. The summed E-state index contributed by atoms with van der Waals surface area (Å²) in [6, 6.07) is -1.38. The Morgan fingerprint density at radius 1 is 1.19 bits per heavy atom. The van der Waals surface area contributed by atoms with Gasteiger partial charge in [-0.1, -0.05) is 6.92 Å². The Balaban J connectivity index is 0.00000338. The van der Waals surface area contributed by atoms with Crippen LogP contribution in [0, 0.1) is 5.92 Å². The van der Waals surface area contributed by atoms with Crippen molar-refractivity contribution in [3.05, 3.63) is 0 Å². The Hall–Kier alpha value is -0.290. The summed E-state index contributed by atoms with van der Waals surface area (Å²) >= 11 is 0. The number of aliphatic imine (C=N–C) groups is 1. The predicted molar refractivity (Wildman–Crippen MR) is 110 cm³/mol. The van der Waals surface area contributed by atoms with Crippen LogP contribution in [-0.4, -0.2) is 92.3 Å². The summed E-state index contributed by atoms with van der Waals surface area (Å²) in [7, 11) is 1.74. The molecule has 0 spiro atoms. The molecule has 2 rings (SSSR count). The topological polar surface area (TPSA) is 34.1 Å². The quantitative estimate of drug-likeness (QED) is 0.364. The van der Waals surface area contributed by atoms with E-state index in [2.05, 4.69) is 27.0 Å². The van der Waals surface area contributed by atoms with Crippen molar-refractivity contribution in [2.45, 2.75) is 38.9 Å². The average molecular weight is 491 g/mol. The van der Waals surface area contributed by atoms with Gasteiger partial charge in [-0.2, -0.15) is 13.2 Å². The number of hydrogen-bond donors (Lipinski definition) is 1. The van der Waals surface area contributed by atoms with Crippen molar-refractivity contribution in [1.82, 2.24) is 20.0 Å². The third kappa shape index (κ3) is 6.70. The number of nitrogens with zero attached hydrogens (tertiary/aromatic N) is 4. The second kappa shape index (κ2) is 10.9. The molecule has 2 unspecified atom stereocenters. The minimum atomic E-state index is -4.16. The van der Waals surface area contributed by atoms with Crippen molar-refractivity contribution >= 4 is 29.9 Å². The molecule has 0 bridgehead atoms. The first-order valence-electron chi connectivity index (χ1n) is 9.33. The van der Waals surface area contributed by atoms with Crippen molar-refractivity contribution in [2.24, 2.45) is 10.9 Å². The Bertz CT molecular complexity index is 439. The lowest BCUT2D eigenvalue weighted by Gasteiger charge is -2.39. The fraction of sp³-hybridized carbons (Fsp3) is 0.941. The van der Waals surface area contributed by atoms with Gasteiger partial charge in [-0.3, -0.25) is 9.89 Å². The fourth-order valence-corrected chi connectivity index (χ4v) is 3.69. The highest BCUT2D eigenvalue weighted by atomic mass is 127. The summed E-state index contributed by atoms with van der Waals surface area (Å²) in [6.45, 7) is 9.74.